The van der Waals surface area contributed by atoms with Gasteiger partial charge in [0.1, 0.15) is 11.4 Å². The summed E-state index contributed by atoms with van der Waals surface area (Å²) in [6.45, 7) is 7.98. The van der Waals surface area contributed by atoms with E-state index in [1.807, 2.05) is 0 Å². The minimum absolute atomic E-state index is 0.336. The van der Waals surface area contributed by atoms with Gasteiger partial charge in [0.15, 0.2) is 11.5 Å². The van der Waals surface area contributed by atoms with Gasteiger partial charge < -0.3 is 24.3 Å². The van der Waals surface area contributed by atoms with Crippen LogP contribution in [0.2, 0.25) is 0 Å². The number of ether oxygens (including phenoxy) is 4. The van der Waals surface area contributed by atoms with Crippen molar-refractivity contribution in [2.45, 2.75) is 46.1 Å². The van der Waals surface area contributed by atoms with E-state index < -0.39 is 11.7 Å². The van der Waals surface area contributed by atoms with Gasteiger partial charge in [0.2, 0.25) is 0 Å². The lowest BCUT2D eigenvalue weighted by Gasteiger charge is -2.20. The molecule has 0 aliphatic carbocycles. The molecule has 0 unspecified atom stereocenters. The second kappa shape index (κ2) is 11.3. The topological polar surface area (TPSA) is 95.1 Å². The van der Waals surface area contributed by atoms with Crippen molar-refractivity contribution in [2.24, 2.45) is 0 Å². The van der Waals surface area contributed by atoms with Crippen LogP contribution in [0.5, 0.6) is 17.2 Å². The number of nitrogens with one attached hydrogen (secondary N) is 2. The lowest BCUT2D eigenvalue weighted by atomic mass is 10.1. The third-order valence-electron chi connectivity index (χ3n) is 4.27. The van der Waals surface area contributed by atoms with Gasteiger partial charge in [0, 0.05) is 11.3 Å². The van der Waals surface area contributed by atoms with Gasteiger partial charge in [-0.3, -0.25) is 10.1 Å². The number of rotatable bonds is 9. The van der Waals surface area contributed by atoms with Crippen LogP contribution in [-0.2, 0) is 4.74 Å². The SMILES string of the molecule is CCCCOc1ccc(C(=O)Nc2ccc(OC)c(NC(=O)OC(C)(C)C)c2)cc1OC. The summed E-state index contributed by atoms with van der Waals surface area (Å²) in [7, 11) is 3.02. The minimum Gasteiger partial charge on any atom is -0.495 e. The van der Waals surface area contributed by atoms with Crippen LogP contribution in [0.1, 0.15) is 50.9 Å². The van der Waals surface area contributed by atoms with E-state index in [2.05, 4.69) is 17.6 Å². The van der Waals surface area contributed by atoms with E-state index in [4.69, 9.17) is 18.9 Å². The fourth-order valence-electron chi connectivity index (χ4n) is 2.75. The van der Waals surface area contributed by atoms with Crippen LogP contribution >= 0.6 is 0 Å². The molecule has 0 fully saturated rings. The van der Waals surface area contributed by atoms with E-state index in [0.29, 0.717) is 40.8 Å². The predicted molar refractivity (Wildman–Crippen MR) is 124 cm³/mol. The van der Waals surface area contributed by atoms with Crippen molar-refractivity contribution in [3.05, 3.63) is 42.0 Å². The predicted octanol–water partition coefficient (Wildman–Crippen LogP) is 5.48. The highest BCUT2D eigenvalue weighted by atomic mass is 16.6. The summed E-state index contributed by atoms with van der Waals surface area (Å²) in [5.41, 5.74) is 0.609. The Morgan fingerprint density at radius 3 is 2.22 bits per heavy atom. The minimum atomic E-state index is -0.644. The van der Waals surface area contributed by atoms with Crippen molar-refractivity contribution in [1.82, 2.24) is 0 Å². The Hall–Kier alpha value is -3.42. The van der Waals surface area contributed by atoms with Crippen molar-refractivity contribution >= 4 is 23.4 Å². The Morgan fingerprint density at radius 2 is 1.59 bits per heavy atom. The van der Waals surface area contributed by atoms with Crippen molar-refractivity contribution in [1.29, 1.82) is 0 Å². The number of amides is 2. The van der Waals surface area contributed by atoms with E-state index in [1.165, 1.54) is 14.2 Å². The quantitative estimate of drug-likeness (QED) is 0.497. The maximum absolute atomic E-state index is 12.8. The molecule has 32 heavy (non-hydrogen) atoms. The average Bonchev–Trinajstić information content (AvgIpc) is 2.72. The first kappa shape index (κ1) is 24.8. The molecule has 8 nitrogen and oxygen atoms in total. The number of carbonyl (C=O) groups is 2. The van der Waals surface area contributed by atoms with Gasteiger partial charge in [-0.2, -0.15) is 0 Å². The molecule has 0 spiro atoms. The molecule has 174 valence electrons. The van der Waals surface area contributed by atoms with Gasteiger partial charge in [-0.05, 0) is 63.6 Å². The molecule has 0 saturated carbocycles. The van der Waals surface area contributed by atoms with Crippen LogP contribution in [0.4, 0.5) is 16.2 Å². The first-order valence-corrected chi connectivity index (χ1v) is 10.5. The number of anilines is 2. The zero-order valence-corrected chi connectivity index (χ0v) is 19.5. The van der Waals surface area contributed by atoms with Gasteiger partial charge in [0.05, 0.1) is 26.5 Å². The van der Waals surface area contributed by atoms with E-state index in [0.717, 1.165) is 12.8 Å². The molecule has 2 aromatic carbocycles. The molecule has 0 atom stereocenters. The molecule has 0 aromatic heterocycles. The lowest BCUT2D eigenvalue weighted by molar-refractivity contribution is 0.0635. The number of benzene rings is 2. The normalized spacial score (nSPS) is 10.8. The van der Waals surface area contributed by atoms with E-state index in [9.17, 15) is 9.59 Å². The summed E-state index contributed by atoms with van der Waals surface area (Å²) in [6, 6.07) is 9.93. The standard InChI is InChI=1S/C24H32N2O6/c1-7-8-13-31-20-11-9-16(14-21(20)30-6)22(27)25-17-10-12-19(29-5)18(15-17)26-23(28)32-24(2,3)4/h9-12,14-15H,7-8,13H2,1-6H3,(H,25,27)(H,26,28). The Morgan fingerprint density at radius 1 is 0.906 bits per heavy atom. The van der Waals surface area contributed by atoms with E-state index >= 15 is 0 Å². The zero-order valence-electron chi connectivity index (χ0n) is 19.5. The summed E-state index contributed by atoms with van der Waals surface area (Å²) in [5.74, 6) is 1.17. The highest BCUT2D eigenvalue weighted by Gasteiger charge is 2.18. The molecule has 2 aromatic rings. The van der Waals surface area contributed by atoms with Gasteiger partial charge in [0.25, 0.3) is 5.91 Å². The van der Waals surface area contributed by atoms with Gasteiger partial charge in [-0.15, -0.1) is 0 Å². The molecule has 2 rings (SSSR count). The highest BCUT2D eigenvalue weighted by molar-refractivity contribution is 6.05. The van der Waals surface area contributed by atoms with Gasteiger partial charge >= 0.3 is 6.09 Å². The molecule has 0 aliphatic heterocycles. The first-order chi connectivity index (χ1) is 15.2. The van der Waals surface area contributed by atoms with Crippen molar-refractivity contribution in [3.63, 3.8) is 0 Å². The van der Waals surface area contributed by atoms with Crippen LogP contribution in [0.3, 0.4) is 0 Å². The van der Waals surface area contributed by atoms with Crippen molar-refractivity contribution < 1.29 is 28.5 Å². The first-order valence-electron chi connectivity index (χ1n) is 10.5. The molecule has 8 heteroatoms. The van der Waals surface area contributed by atoms with Crippen LogP contribution < -0.4 is 24.8 Å². The number of carbonyl (C=O) groups excluding carboxylic acids is 2. The third-order valence-corrected chi connectivity index (χ3v) is 4.27. The molecule has 0 aliphatic rings. The van der Waals surface area contributed by atoms with Gasteiger partial charge in [-0.1, -0.05) is 13.3 Å². The Labute approximate surface area is 189 Å². The number of methoxy groups -OCH3 is 2. The van der Waals surface area contributed by atoms with Crippen molar-refractivity contribution in [2.75, 3.05) is 31.5 Å². The molecule has 0 heterocycles. The molecule has 0 bridgehead atoms. The van der Waals surface area contributed by atoms with Crippen LogP contribution in [0, 0.1) is 0 Å². The van der Waals surface area contributed by atoms with E-state index in [1.54, 1.807) is 57.2 Å². The Bertz CT molecular complexity index is 937. The molecular formula is C24H32N2O6. The Balaban J connectivity index is 2.16. The number of hydrogen-bond donors (Lipinski definition) is 2. The van der Waals surface area contributed by atoms with Crippen LogP contribution in [0.25, 0.3) is 0 Å². The van der Waals surface area contributed by atoms with Gasteiger partial charge in [-0.25, -0.2) is 4.79 Å². The monoisotopic (exact) mass is 444 g/mol. The second-order valence-electron chi connectivity index (χ2n) is 8.06. The maximum atomic E-state index is 12.8. The fourth-order valence-corrected chi connectivity index (χ4v) is 2.75. The average molecular weight is 445 g/mol. The van der Waals surface area contributed by atoms with E-state index in [-0.39, 0.29) is 5.91 Å². The maximum Gasteiger partial charge on any atom is 0.412 e. The summed E-state index contributed by atoms with van der Waals surface area (Å²) >= 11 is 0. The smallest absolute Gasteiger partial charge is 0.412 e. The third kappa shape index (κ3) is 7.37. The van der Waals surface area contributed by atoms with Crippen LogP contribution in [0.15, 0.2) is 36.4 Å². The molecule has 0 saturated heterocycles. The zero-order chi connectivity index (χ0) is 23.7. The molecule has 2 N–H and O–H groups in total. The lowest BCUT2D eigenvalue weighted by Crippen LogP contribution is -2.27. The largest absolute Gasteiger partial charge is 0.495 e. The highest BCUT2D eigenvalue weighted by Crippen LogP contribution is 2.31. The summed E-state index contributed by atoms with van der Waals surface area (Å²) < 4.78 is 21.7. The van der Waals surface area contributed by atoms with Crippen LogP contribution in [-0.4, -0.2) is 38.4 Å². The fraction of sp³-hybridized carbons (Fsp3) is 0.417. The molecular weight excluding hydrogens is 412 g/mol. The number of hydrogen-bond acceptors (Lipinski definition) is 6. The summed E-state index contributed by atoms with van der Waals surface area (Å²) in [6.07, 6.45) is 1.33. The Kier molecular flexibility index (Phi) is 8.75. The molecule has 2 amide bonds. The summed E-state index contributed by atoms with van der Waals surface area (Å²) in [4.78, 5) is 24.9. The second-order valence-corrected chi connectivity index (χ2v) is 8.06. The number of unbranched alkanes of at least 4 members (excludes halogenated alkanes) is 1. The summed E-state index contributed by atoms with van der Waals surface area (Å²) in [5, 5.41) is 5.46. The molecule has 0 radical (unpaired) electrons. The van der Waals surface area contributed by atoms with Crippen molar-refractivity contribution in [3.8, 4) is 17.2 Å².